The molecule has 1 N–H and O–H groups in total. The molecule has 0 atom stereocenters. The number of aryl methyl sites for hydroxylation is 1. The molecule has 0 unspecified atom stereocenters. The van der Waals surface area contributed by atoms with Gasteiger partial charge in [0.2, 0.25) is 0 Å². The van der Waals surface area contributed by atoms with Crippen LogP contribution in [0.25, 0.3) is 11.3 Å². The van der Waals surface area contributed by atoms with Gasteiger partial charge in [-0.25, -0.2) is 9.97 Å². The zero-order chi connectivity index (χ0) is 17.1. The first-order chi connectivity index (χ1) is 12.3. The van der Waals surface area contributed by atoms with E-state index in [2.05, 4.69) is 35.4 Å². The lowest BCUT2D eigenvalue weighted by Crippen LogP contribution is -2.50. The third kappa shape index (κ3) is 3.55. The summed E-state index contributed by atoms with van der Waals surface area (Å²) in [5.41, 5.74) is 1.89. The summed E-state index contributed by atoms with van der Waals surface area (Å²) in [6.45, 7) is 4.74. The monoisotopic (exact) mass is 333 g/mol. The fourth-order valence-corrected chi connectivity index (χ4v) is 2.86. The smallest absolute Gasteiger partial charge is 0.151 e. The Morgan fingerprint density at radius 1 is 1.04 bits per heavy atom. The quantitative estimate of drug-likeness (QED) is 0.766. The van der Waals surface area contributed by atoms with Crippen molar-refractivity contribution in [1.29, 1.82) is 0 Å². The number of rotatable bonds is 5. The van der Waals surface area contributed by atoms with Crippen molar-refractivity contribution in [3.63, 3.8) is 0 Å². The van der Waals surface area contributed by atoms with Gasteiger partial charge in [-0.15, -0.1) is 10.2 Å². The van der Waals surface area contributed by atoms with Crippen LogP contribution in [0.15, 0.2) is 48.9 Å². The van der Waals surface area contributed by atoms with Crippen molar-refractivity contribution in [1.82, 2.24) is 25.1 Å². The van der Waals surface area contributed by atoms with E-state index < -0.39 is 0 Å². The highest BCUT2D eigenvalue weighted by Gasteiger charge is 2.27. The van der Waals surface area contributed by atoms with Crippen LogP contribution in [0.1, 0.15) is 5.82 Å². The zero-order valence-corrected chi connectivity index (χ0v) is 14.0. The van der Waals surface area contributed by atoms with Crippen LogP contribution >= 0.6 is 0 Å². The normalized spacial score (nSPS) is 14.2. The Labute approximate surface area is 146 Å². The molecule has 0 spiro atoms. The minimum Gasteiger partial charge on any atom is -0.370 e. The summed E-state index contributed by atoms with van der Waals surface area (Å²) in [4.78, 5) is 14.7. The minimum absolute atomic E-state index is 0.581. The van der Waals surface area contributed by atoms with Crippen LogP contribution in [0, 0.1) is 12.8 Å². The SMILES string of the molecule is Cc1nccc(NCC2CN(c3ccc(-c4ccncc4)nn3)C2)n1. The van der Waals surface area contributed by atoms with Crippen LogP contribution in [-0.2, 0) is 0 Å². The average molecular weight is 333 g/mol. The molecule has 7 heteroatoms. The molecule has 1 aliphatic heterocycles. The highest BCUT2D eigenvalue weighted by Crippen LogP contribution is 2.24. The van der Waals surface area contributed by atoms with Gasteiger partial charge in [-0.2, -0.15) is 0 Å². The summed E-state index contributed by atoms with van der Waals surface area (Å²) in [6.07, 6.45) is 5.30. The van der Waals surface area contributed by atoms with Crippen LogP contribution in [0.2, 0.25) is 0 Å². The van der Waals surface area contributed by atoms with Crippen LogP contribution < -0.4 is 10.2 Å². The number of aromatic nitrogens is 5. The van der Waals surface area contributed by atoms with Gasteiger partial charge in [0.25, 0.3) is 0 Å². The van der Waals surface area contributed by atoms with E-state index in [0.717, 1.165) is 48.4 Å². The molecule has 0 saturated carbocycles. The molecule has 0 bridgehead atoms. The van der Waals surface area contributed by atoms with E-state index in [-0.39, 0.29) is 0 Å². The van der Waals surface area contributed by atoms with E-state index in [1.54, 1.807) is 18.6 Å². The Hall–Kier alpha value is -3.09. The van der Waals surface area contributed by atoms with E-state index in [0.29, 0.717) is 5.92 Å². The summed E-state index contributed by atoms with van der Waals surface area (Å²) < 4.78 is 0. The van der Waals surface area contributed by atoms with E-state index in [9.17, 15) is 0 Å². The molecule has 25 heavy (non-hydrogen) atoms. The van der Waals surface area contributed by atoms with Gasteiger partial charge in [0, 0.05) is 49.7 Å². The summed E-state index contributed by atoms with van der Waals surface area (Å²) in [5.74, 6) is 3.17. The Bertz CT molecular complexity index is 830. The molecular weight excluding hydrogens is 314 g/mol. The Kier molecular flexibility index (Phi) is 4.20. The third-order valence-electron chi connectivity index (χ3n) is 4.26. The second-order valence-electron chi connectivity index (χ2n) is 6.15. The van der Waals surface area contributed by atoms with E-state index in [1.165, 1.54) is 0 Å². The Morgan fingerprint density at radius 3 is 2.60 bits per heavy atom. The largest absolute Gasteiger partial charge is 0.370 e. The summed E-state index contributed by atoms with van der Waals surface area (Å²) in [7, 11) is 0. The van der Waals surface area contributed by atoms with Gasteiger partial charge in [-0.05, 0) is 37.3 Å². The predicted molar refractivity (Wildman–Crippen MR) is 96.2 cm³/mol. The van der Waals surface area contributed by atoms with Gasteiger partial charge in [-0.1, -0.05) is 0 Å². The van der Waals surface area contributed by atoms with Crippen molar-refractivity contribution >= 4 is 11.6 Å². The number of hydrogen-bond donors (Lipinski definition) is 1. The van der Waals surface area contributed by atoms with Gasteiger partial charge < -0.3 is 10.2 Å². The molecule has 0 amide bonds. The highest BCUT2D eigenvalue weighted by atomic mass is 15.3. The molecule has 4 heterocycles. The summed E-state index contributed by atoms with van der Waals surface area (Å²) >= 11 is 0. The lowest BCUT2D eigenvalue weighted by molar-refractivity contribution is 0.425. The van der Waals surface area contributed by atoms with Crippen molar-refractivity contribution in [3.05, 3.63) is 54.7 Å². The van der Waals surface area contributed by atoms with Crippen molar-refractivity contribution in [2.45, 2.75) is 6.92 Å². The van der Waals surface area contributed by atoms with Crippen LogP contribution in [-0.4, -0.2) is 44.8 Å². The molecule has 0 aromatic carbocycles. The molecule has 7 nitrogen and oxygen atoms in total. The Balaban J connectivity index is 1.30. The molecule has 4 rings (SSSR count). The van der Waals surface area contributed by atoms with E-state index in [1.807, 2.05) is 37.3 Å². The third-order valence-corrected chi connectivity index (χ3v) is 4.26. The number of hydrogen-bond acceptors (Lipinski definition) is 7. The fraction of sp³-hybridized carbons (Fsp3) is 0.278. The molecule has 126 valence electrons. The molecule has 0 aliphatic carbocycles. The lowest BCUT2D eigenvalue weighted by atomic mass is 10.0. The fourth-order valence-electron chi connectivity index (χ4n) is 2.86. The topological polar surface area (TPSA) is 79.7 Å². The van der Waals surface area contributed by atoms with E-state index >= 15 is 0 Å². The Morgan fingerprint density at radius 2 is 1.88 bits per heavy atom. The van der Waals surface area contributed by atoms with Crippen LogP contribution in [0.5, 0.6) is 0 Å². The van der Waals surface area contributed by atoms with Gasteiger partial charge in [-0.3, -0.25) is 4.98 Å². The summed E-state index contributed by atoms with van der Waals surface area (Å²) in [6, 6.07) is 9.80. The number of pyridine rings is 1. The first-order valence-corrected chi connectivity index (χ1v) is 8.30. The molecule has 3 aromatic rings. The highest BCUT2D eigenvalue weighted by molar-refractivity contribution is 5.59. The van der Waals surface area contributed by atoms with Crippen molar-refractivity contribution in [2.75, 3.05) is 29.9 Å². The van der Waals surface area contributed by atoms with Gasteiger partial charge in [0.15, 0.2) is 5.82 Å². The molecule has 1 saturated heterocycles. The van der Waals surface area contributed by atoms with Crippen LogP contribution in [0.3, 0.4) is 0 Å². The molecule has 1 aliphatic rings. The second kappa shape index (κ2) is 6.80. The first kappa shape index (κ1) is 15.4. The van der Waals surface area contributed by atoms with Gasteiger partial charge in [0.1, 0.15) is 11.6 Å². The maximum Gasteiger partial charge on any atom is 0.151 e. The molecular formula is C18H19N7. The minimum atomic E-state index is 0.581. The number of nitrogens with zero attached hydrogens (tertiary/aromatic N) is 6. The van der Waals surface area contributed by atoms with E-state index in [4.69, 9.17) is 0 Å². The van der Waals surface area contributed by atoms with Gasteiger partial charge >= 0.3 is 0 Å². The number of anilines is 2. The van der Waals surface area contributed by atoms with Crippen molar-refractivity contribution < 1.29 is 0 Å². The standard InChI is InChI=1S/C18H19N7/c1-13-20-9-6-17(22-13)21-10-14-11-25(12-14)18-3-2-16(23-24-18)15-4-7-19-8-5-15/h2-9,14H,10-12H2,1H3,(H,20,21,22). The zero-order valence-electron chi connectivity index (χ0n) is 14.0. The second-order valence-corrected chi connectivity index (χ2v) is 6.15. The maximum absolute atomic E-state index is 4.36. The lowest BCUT2D eigenvalue weighted by Gasteiger charge is -2.40. The predicted octanol–water partition coefficient (Wildman–Crippen LogP) is 2.19. The van der Waals surface area contributed by atoms with Gasteiger partial charge in [0.05, 0.1) is 5.69 Å². The molecule has 1 fully saturated rings. The number of nitrogens with one attached hydrogen (secondary N) is 1. The van der Waals surface area contributed by atoms with Crippen molar-refractivity contribution in [3.8, 4) is 11.3 Å². The van der Waals surface area contributed by atoms with Crippen LogP contribution in [0.4, 0.5) is 11.6 Å². The average Bonchev–Trinajstić information content (AvgIpc) is 2.62. The maximum atomic E-state index is 4.36. The summed E-state index contributed by atoms with van der Waals surface area (Å²) in [5, 5.41) is 12.1. The van der Waals surface area contributed by atoms with Crippen molar-refractivity contribution in [2.24, 2.45) is 5.92 Å². The molecule has 3 aromatic heterocycles. The molecule has 0 radical (unpaired) electrons. The first-order valence-electron chi connectivity index (χ1n) is 8.30.